The predicted molar refractivity (Wildman–Crippen MR) is 114 cm³/mol. The summed E-state index contributed by atoms with van der Waals surface area (Å²) in [6.45, 7) is 6.31. The summed E-state index contributed by atoms with van der Waals surface area (Å²) in [7, 11) is 0. The van der Waals surface area contributed by atoms with Crippen LogP contribution in [-0.2, 0) is 18.3 Å². The maximum atomic E-state index is 14.4. The predicted octanol–water partition coefficient (Wildman–Crippen LogP) is 6.09. The Bertz CT molecular complexity index is 952. The Balaban J connectivity index is 1.73. The Labute approximate surface area is 185 Å². The first kappa shape index (κ1) is 24.3. The molecule has 1 atom stereocenters. The van der Waals surface area contributed by atoms with Crippen molar-refractivity contribution in [1.82, 2.24) is 9.88 Å². The summed E-state index contributed by atoms with van der Waals surface area (Å²) in [6, 6.07) is 6.88. The van der Waals surface area contributed by atoms with Gasteiger partial charge in [0.25, 0.3) is 0 Å². The number of benzene rings is 1. The van der Waals surface area contributed by atoms with Gasteiger partial charge in [0.2, 0.25) is 0 Å². The maximum absolute atomic E-state index is 14.4. The highest BCUT2D eigenvalue weighted by Crippen LogP contribution is 2.40. The number of halogens is 4. The van der Waals surface area contributed by atoms with Crippen LogP contribution in [0.25, 0.3) is 0 Å². The number of hydrogen-bond donors (Lipinski definition) is 1. The Morgan fingerprint density at radius 3 is 2.59 bits per heavy atom. The molecule has 1 unspecified atom stereocenters. The summed E-state index contributed by atoms with van der Waals surface area (Å²) in [6.07, 6.45) is -2.05. The number of aromatic nitrogens is 1. The minimum Gasteiger partial charge on any atom is -0.491 e. The van der Waals surface area contributed by atoms with Crippen molar-refractivity contribution in [3.63, 3.8) is 0 Å². The molecule has 0 bridgehead atoms. The summed E-state index contributed by atoms with van der Waals surface area (Å²) in [4.78, 5) is 12.6. The lowest BCUT2D eigenvalue weighted by molar-refractivity contribution is -0.144. The average molecular weight is 455 g/mol. The van der Waals surface area contributed by atoms with E-state index in [1.54, 1.807) is 12.1 Å². The third-order valence-electron chi connectivity index (χ3n) is 5.86. The van der Waals surface area contributed by atoms with E-state index in [0.717, 1.165) is 12.5 Å². The minimum absolute atomic E-state index is 0.00461. The standard InChI is InChI=1S/C24H30F4N2O2/c1-4-11-23(21-9-10-22(24(26,27)28)30(21)14-13-29-23)12-5-6-20(31)18-8-7-17(15-19(18)25)32-16(2)3/h7-10,15-16,29H,4-6,11-14H2,1-3H3. The van der Waals surface area contributed by atoms with E-state index in [9.17, 15) is 22.4 Å². The second-order valence-corrected chi connectivity index (χ2v) is 8.60. The molecule has 2 heterocycles. The lowest BCUT2D eigenvalue weighted by Gasteiger charge is -2.40. The molecule has 1 aromatic heterocycles. The van der Waals surface area contributed by atoms with Crippen LogP contribution in [0.2, 0.25) is 0 Å². The van der Waals surface area contributed by atoms with Crippen molar-refractivity contribution in [1.29, 1.82) is 0 Å². The van der Waals surface area contributed by atoms with Crippen molar-refractivity contribution in [2.75, 3.05) is 6.54 Å². The molecule has 1 N–H and O–H groups in total. The first-order valence-corrected chi connectivity index (χ1v) is 11.1. The molecular formula is C24H30F4N2O2. The normalized spacial score (nSPS) is 18.6. The number of ketones is 1. The monoisotopic (exact) mass is 454 g/mol. The van der Waals surface area contributed by atoms with Gasteiger partial charge in [0.1, 0.15) is 17.3 Å². The van der Waals surface area contributed by atoms with E-state index in [1.807, 2.05) is 20.8 Å². The first-order chi connectivity index (χ1) is 15.1. The molecule has 0 aliphatic carbocycles. The highest BCUT2D eigenvalue weighted by atomic mass is 19.4. The lowest BCUT2D eigenvalue weighted by atomic mass is 9.83. The second-order valence-electron chi connectivity index (χ2n) is 8.60. The fourth-order valence-corrected chi connectivity index (χ4v) is 4.61. The molecule has 3 rings (SSSR count). The summed E-state index contributed by atoms with van der Waals surface area (Å²) in [5.74, 6) is -0.591. The Kier molecular flexibility index (Phi) is 7.32. The topological polar surface area (TPSA) is 43.3 Å². The van der Waals surface area contributed by atoms with Crippen molar-refractivity contribution in [2.45, 2.75) is 77.2 Å². The largest absolute Gasteiger partial charge is 0.491 e. The summed E-state index contributed by atoms with van der Waals surface area (Å²) < 4.78 is 61.4. The van der Waals surface area contributed by atoms with Gasteiger partial charge in [-0.15, -0.1) is 0 Å². The Morgan fingerprint density at radius 1 is 1.22 bits per heavy atom. The van der Waals surface area contributed by atoms with E-state index < -0.39 is 23.2 Å². The molecule has 0 spiro atoms. The summed E-state index contributed by atoms with van der Waals surface area (Å²) >= 11 is 0. The van der Waals surface area contributed by atoms with Crippen LogP contribution in [-0.4, -0.2) is 23.0 Å². The number of rotatable bonds is 9. The molecule has 1 aliphatic rings. The van der Waals surface area contributed by atoms with Crippen LogP contribution in [0.3, 0.4) is 0 Å². The zero-order chi connectivity index (χ0) is 23.5. The van der Waals surface area contributed by atoms with E-state index in [-0.39, 0.29) is 30.4 Å². The molecule has 176 valence electrons. The van der Waals surface area contributed by atoms with E-state index in [0.29, 0.717) is 37.3 Å². The van der Waals surface area contributed by atoms with Gasteiger partial charge in [-0.1, -0.05) is 13.3 Å². The van der Waals surface area contributed by atoms with Crippen molar-refractivity contribution in [3.05, 3.63) is 53.1 Å². The first-order valence-electron chi connectivity index (χ1n) is 11.1. The second kappa shape index (κ2) is 9.65. The number of alkyl halides is 3. The number of nitrogens with zero attached hydrogens (tertiary/aromatic N) is 1. The highest BCUT2D eigenvalue weighted by Gasteiger charge is 2.42. The quantitative estimate of drug-likeness (QED) is 0.369. The molecule has 0 radical (unpaired) electrons. The number of fused-ring (bicyclic) bond motifs is 1. The van der Waals surface area contributed by atoms with Crippen LogP contribution in [0, 0.1) is 5.82 Å². The van der Waals surface area contributed by atoms with Crippen LogP contribution >= 0.6 is 0 Å². The van der Waals surface area contributed by atoms with Gasteiger partial charge in [-0.25, -0.2) is 4.39 Å². The Morgan fingerprint density at radius 2 is 1.97 bits per heavy atom. The highest BCUT2D eigenvalue weighted by molar-refractivity contribution is 5.96. The zero-order valence-electron chi connectivity index (χ0n) is 18.7. The molecular weight excluding hydrogens is 424 g/mol. The molecule has 0 saturated carbocycles. The lowest BCUT2D eigenvalue weighted by Crippen LogP contribution is -2.49. The van der Waals surface area contributed by atoms with Crippen LogP contribution in [0.5, 0.6) is 5.75 Å². The van der Waals surface area contributed by atoms with E-state index in [1.165, 1.54) is 16.7 Å². The van der Waals surface area contributed by atoms with Crippen LogP contribution in [0.4, 0.5) is 17.6 Å². The molecule has 8 heteroatoms. The fraction of sp³-hybridized carbons (Fsp3) is 0.542. The average Bonchev–Trinajstić information content (AvgIpc) is 3.14. The third-order valence-corrected chi connectivity index (χ3v) is 5.86. The molecule has 4 nitrogen and oxygen atoms in total. The molecule has 0 saturated heterocycles. The van der Waals surface area contributed by atoms with Gasteiger partial charge in [-0.05, 0) is 57.4 Å². The van der Waals surface area contributed by atoms with Gasteiger partial charge >= 0.3 is 6.18 Å². The van der Waals surface area contributed by atoms with E-state index in [2.05, 4.69) is 5.32 Å². The van der Waals surface area contributed by atoms with Gasteiger partial charge < -0.3 is 14.6 Å². The van der Waals surface area contributed by atoms with Gasteiger partial charge in [0.05, 0.1) is 17.2 Å². The molecule has 2 aromatic rings. The summed E-state index contributed by atoms with van der Waals surface area (Å²) in [5, 5.41) is 3.41. The van der Waals surface area contributed by atoms with E-state index in [4.69, 9.17) is 4.74 Å². The minimum atomic E-state index is -4.41. The molecule has 0 amide bonds. The van der Waals surface area contributed by atoms with Gasteiger partial charge in [-0.2, -0.15) is 13.2 Å². The van der Waals surface area contributed by atoms with Gasteiger partial charge in [0, 0.05) is 31.3 Å². The number of Topliss-reactive ketones (excluding diaryl/α,β-unsaturated/α-hetero) is 1. The zero-order valence-corrected chi connectivity index (χ0v) is 18.7. The van der Waals surface area contributed by atoms with Crippen molar-refractivity contribution < 1.29 is 27.1 Å². The number of carbonyl (C=O) groups is 1. The van der Waals surface area contributed by atoms with Crippen molar-refractivity contribution >= 4 is 5.78 Å². The maximum Gasteiger partial charge on any atom is 0.431 e. The number of carbonyl (C=O) groups excluding carboxylic acids is 1. The van der Waals surface area contributed by atoms with Crippen LogP contribution in [0.1, 0.15) is 74.6 Å². The summed E-state index contributed by atoms with van der Waals surface area (Å²) in [5.41, 5.74) is -0.669. The number of nitrogens with one attached hydrogen (secondary N) is 1. The van der Waals surface area contributed by atoms with E-state index >= 15 is 0 Å². The number of hydrogen-bond acceptors (Lipinski definition) is 3. The van der Waals surface area contributed by atoms with Crippen LogP contribution in [0.15, 0.2) is 30.3 Å². The SMILES string of the molecule is CCCC1(CCCC(=O)c2ccc(OC(C)C)cc2F)NCCn2c(C(F)(F)F)ccc21. The smallest absolute Gasteiger partial charge is 0.431 e. The third kappa shape index (κ3) is 5.17. The van der Waals surface area contributed by atoms with Crippen molar-refractivity contribution in [3.8, 4) is 5.75 Å². The van der Waals surface area contributed by atoms with Crippen molar-refractivity contribution in [2.24, 2.45) is 0 Å². The molecule has 1 aliphatic heterocycles. The van der Waals surface area contributed by atoms with Gasteiger partial charge in [-0.3, -0.25) is 4.79 Å². The number of ether oxygens (including phenoxy) is 1. The van der Waals surface area contributed by atoms with Gasteiger partial charge in [0.15, 0.2) is 5.78 Å². The Hall–Kier alpha value is -2.35. The van der Waals surface area contributed by atoms with Crippen LogP contribution < -0.4 is 10.1 Å². The molecule has 1 aromatic carbocycles. The fourth-order valence-electron chi connectivity index (χ4n) is 4.61. The molecule has 0 fully saturated rings. The molecule has 32 heavy (non-hydrogen) atoms.